The van der Waals surface area contributed by atoms with Crippen molar-refractivity contribution in [1.29, 1.82) is 0 Å². The first kappa shape index (κ1) is 18.9. The van der Waals surface area contributed by atoms with Crippen molar-refractivity contribution in [3.05, 3.63) is 52.4 Å². The number of anilines is 1. The molecule has 1 aromatic heterocycles. The van der Waals surface area contributed by atoms with Gasteiger partial charge in [0.1, 0.15) is 11.4 Å². The molecule has 0 aliphatic rings. The number of amides is 1. The molecule has 2 rings (SSSR count). The molecule has 0 unspecified atom stereocenters. The van der Waals surface area contributed by atoms with Crippen LogP contribution in [-0.4, -0.2) is 23.3 Å². The monoisotopic (exact) mass is 372 g/mol. The SMILES string of the molecule is CCOc1ccc(SCC(=O)Nc2cc(C(F)(F)F)c[nH]c2=O)cc1. The highest BCUT2D eigenvalue weighted by Gasteiger charge is 2.31. The van der Waals surface area contributed by atoms with Crippen LogP contribution in [0.15, 0.2) is 46.2 Å². The van der Waals surface area contributed by atoms with Crippen LogP contribution in [0.1, 0.15) is 12.5 Å². The highest BCUT2D eigenvalue weighted by Crippen LogP contribution is 2.29. The Bertz CT molecular complexity index is 788. The van der Waals surface area contributed by atoms with Gasteiger partial charge in [-0.3, -0.25) is 9.59 Å². The summed E-state index contributed by atoms with van der Waals surface area (Å²) in [5.74, 6) is 0.0689. The molecule has 0 saturated heterocycles. The topological polar surface area (TPSA) is 71.2 Å². The second-order valence-electron chi connectivity index (χ2n) is 4.87. The van der Waals surface area contributed by atoms with Crippen molar-refractivity contribution in [3.8, 4) is 5.75 Å². The maximum absolute atomic E-state index is 12.6. The van der Waals surface area contributed by atoms with E-state index < -0.39 is 28.9 Å². The van der Waals surface area contributed by atoms with Crippen LogP contribution in [0.25, 0.3) is 0 Å². The molecule has 0 fully saturated rings. The number of ether oxygens (including phenoxy) is 1. The molecule has 2 aromatic rings. The van der Waals surface area contributed by atoms with E-state index >= 15 is 0 Å². The van der Waals surface area contributed by atoms with Gasteiger partial charge in [-0.25, -0.2) is 0 Å². The van der Waals surface area contributed by atoms with Crippen molar-refractivity contribution < 1.29 is 22.7 Å². The second kappa shape index (κ2) is 8.11. The molecule has 0 spiro atoms. The normalized spacial score (nSPS) is 11.2. The molecular weight excluding hydrogens is 357 g/mol. The molecule has 5 nitrogen and oxygen atoms in total. The van der Waals surface area contributed by atoms with Gasteiger partial charge < -0.3 is 15.0 Å². The van der Waals surface area contributed by atoms with Crippen molar-refractivity contribution >= 4 is 23.4 Å². The average molecular weight is 372 g/mol. The quantitative estimate of drug-likeness (QED) is 0.761. The lowest BCUT2D eigenvalue weighted by Gasteiger charge is -2.09. The van der Waals surface area contributed by atoms with Crippen LogP contribution in [0.4, 0.5) is 18.9 Å². The van der Waals surface area contributed by atoms with Gasteiger partial charge in [0.05, 0.1) is 17.9 Å². The lowest BCUT2D eigenvalue weighted by atomic mass is 10.2. The van der Waals surface area contributed by atoms with E-state index in [-0.39, 0.29) is 5.75 Å². The summed E-state index contributed by atoms with van der Waals surface area (Å²) in [6, 6.07) is 7.64. The minimum Gasteiger partial charge on any atom is -0.494 e. The molecule has 9 heteroatoms. The molecule has 1 aromatic carbocycles. The lowest BCUT2D eigenvalue weighted by molar-refractivity contribution is -0.137. The third-order valence-electron chi connectivity index (χ3n) is 3.01. The summed E-state index contributed by atoms with van der Waals surface area (Å²) in [6.45, 7) is 2.41. The standard InChI is InChI=1S/C16H15F3N2O3S/c1-2-24-11-3-5-12(6-4-11)25-9-14(22)21-13-7-10(16(17,18)19)8-20-15(13)23/h3-8H,2,9H2,1H3,(H,20,23)(H,21,22). The molecule has 25 heavy (non-hydrogen) atoms. The number of halogens is 3. The number of nitrogens with one attached hydrogen (secondary N) is 2. The Labute approximate surface area is 145 Å². The lowest BCUT2D eigenvalue weighted by Crippen LogP contribution is -2.22. The summed E-state index contributed by atoms with van der Waals surface area (Å²) in [5, 5.41) is 2.20. The Balaban J connectivity index is 1.97. The molecule has 134 valence electrons. The van der Waals surface area contributed by atoms with Crippen LogP contribution in [0.3, 0.4) is 0 Å². The van der Waals surface area contributed by atoms with Crippen molar-refractivity contribution in [1.82, 2.24) is 4.98 Å². The van der Waals surface area contributed by atoms with E-state index in [0.717, 1.165) is 4.90 Å². The summed E-state index contributed by atoms with van der Waals surface area (Å²) in [7, 11) is 0. The van der Waals surface area contributed by atoms with Gasteiger partial charge in [0, 0.05) is 11.1 Å². The van der Waals surface area contributed by atoms with E-state index in [2.05, 4.69) is 5.32 Å². The number of rotatable bonds is 6. The number of carbonyl (C=O) groups excluding carboxylic acids is 1. The summed E-state index contributed by atoms with van der Waals surface area (Å²) >= 11 is 1.19. The van der Waals surface area contributed by atoms with Gasteiger partial charge in [-0.1, -0.05) is 0 Å². The summed E-state index contributed by atoms with van der Waals surface area (Å²) in [4.78, 5) is 26.2. The van der Waals surface area contributed by atoms with Crippen LogP contribution >= 0.6 is 11.8 Å². The minimum atomic E-state index is -4.61. The number of aromatic nitrogens is 1. The van der Waals surface area contributed by atoms with Crippen LogP contribution in [0.5, 0.6) is 5.75 Å². The van der Waals surface area contributed by atoms with Gasteiger partial charge in [0.15, 0.2) is 0 Å². The molecule has 1 heterocycles. The molecule has 0 atom stereocenters. The number of pyridine rings is 1. The van der Waals surface area contributed by atoms with E-state index in [1.54, 1.807) is 24.3 Å². The highest BCUT2D eigenvalue weighted by molar-refractivity contribution is 8.00. The van der Waals surface area contributed by atoms with Gasteiger partial charge in [-0.15, -0.1) is 11.8 Å². The minimum absolute atomic E-state index is 0.0519. The number of benzene rings is 1. The van der Waals surface area contributed by atoms with Gasteiger partial charge >= 0.3 is 6.18 Å². The van der Waals surface area contributed by atoms with E-state index in [1.807, 2.05) is 11.9 Å². The number of H-pyrrole nitrogens is 1. The Hall–Kier alpha value is -2.42. The van der Waals surface area contributed by atoms with Crippen LogP contribution in [0, 0.1) is 0 Å². The van der Waals surface area contributed by atoms with Crippen molar-refractivity contribution in [3.63, 3.8) is 0 Å². The molecule has 2 N–H and O–H groups in total. The van der Waals surface area contributed by atoms with Gasteiger partial charge in [0.2, 0.25) is 5.91 Å². The van der Waals surface area contributed by atoms with E-state index in [4.69, 9.17) is 4.74 Å². The zero-order chi connectivity index (χ0) is 18.4. The first-order valence-electron chi connectivity index (χ1n) is 7.25. The molecular formula is C16H15F3N2O3S. The van der Waals surface area contributed by atoms with Crippen LogP contribution < -0.4 is 15.6 Å². The fourth-order valence-corrected chi connectivity index (χ4v) is 2.57. The third-order valence-corrected chi connectivity index (χ3v) is 4.02. The van der Waals surface area contributed by atoms with Crippen molar-refractivity contribution in [2.75, 3.05) is 17.7 Å². The molecule has 0 radical (unpaired) electrons. The van der Waals surface area contributed by atoms with Crippen LogP contribution in [-0.2, 0) is 11.0 Å². The highest BCUT2D eigenvalue weighted by atomic mass is 32.2. The third kappa shape index (κ3) is 5.56. The molecule has 0 bridgehead atoms. The van der Waals surface area contributed by atoms with Crippen molar-refractivity contribution in [2.24, 2.45) is 0 Å². The number of aromatic amines is 1. The van der Waals surface area contributed by atoms with E-state index in [9.17, 15) is 22.8 Å². The molecule has 0 aliphatic carbocycles. The predicted molar refractivity (Wildman–Crippen MR) is 89.0 cm³/mol. The Morgan fingerprint density at radius 2 is 1.96 bits per heavy atom. The van der Waals surface area contributed by atoms with E-state index in [0.29, 0.717) is 24.6 Å². The second-order valence-corrected chi connectivity index (χ2v) is 5.92. The fraction of sp³-hybridized carbons (Fsp3) is 0.250. The largest absolute Gasteiger partial charge is 0.494 e. The summed E-state index contributed by atoms with van der Waals surface area (Å²) in [6.07, 6.45) is -4.05. The predicted octanol–water partition coefficient (Wildman–Crippen LogP) is 3.52. The summed E-state index contributed by atoms with van der Waals surface area (Å²) < 4.78 is 43.2. The number of thioether (sulfide) groups is 1. The Kier molecular flexibility index (Phi) is 6.13. The summed E-state index contributed by atoms with van der Waals surface area (Å²) in [5.41, 5.74) is -2.28. The average Bonchev–Trinajstić information content (AvgIpc) is 2.55. The number of alkyl halides is 3. The van der Waals surface area contributed by atoms with Crippen LogP contribution in [0.2, 0.25) is 0 Å². The van der Waals surface area contributed by atoms with Gasteiger partial charge in [0.25, 0.3) is 5.56 Å². The smallest absolute Gasteiger partial charge is 0.417 e. The molecule has 0 saturated carbocycles. The Morgan fingerprint density at radius 3 is 2.56 bits per heavy atom. The van der Waals surface area contributed by atoms with E-state index in [1.165, 1.54) is 11.8 Å². The maximum Gasteiger partial charge on any atom is 0.417 e. The molecule has 0 aliphatic heterocycles. The van der Waals surface area contributed by atoms with Gasteiger partial charge in [-0.05, 0) is 37.3 Å². The number of hydrogen-bond donors (Lipinski definition) is 2. The maximum atomic E-state index is 12.6. The first-order valence-corrected chi connectivity index (χ1v) is 8.23. The fourth-order valence-electron chi connectivity index (χ4n) is 1.87. The first-order chi connectivity index (χ1) is 11.8. The zero-order valence-corrected chi connectivity index (χ0v) is 14.0. The van der Waals surface area contributed by atoms with Crippen molar-refractivity contribution in [2.45, 2.75) is 18.0 Å². The number of hydrogen-bond acceptors (Lipinski definition) is 4. The number of carbonyl (C=O) groups is 1. The molecule has 1 amide bonds. The van der Waals surface area contributed by atoms with Gasteiger partial charge in [-0.2, -0.15) is 13.2 Å². The Morgan fingerprint density at radius 1 is 1.28 bits per heavy atom. The zero-order valence-electron chi connectivity index (χ0n) is 13.1.